The Morgan fingerprint density at radius 1 is 1.16 bits per heavy atom. The Kier molecular flexibility index (Phi) is 2.56. The zero-order valence-corrected chi connectivity index (χ0v) is 10.4. The van der Waals surface area contributed by atoms with Gasteiger partial charge in [-0.3, -0.25) is 0 Å². The molecule has 1 aromatic carbocycles. The van der Waals surface area contributed by atoms with Gasteiger partial charge < -0.3 is 5.11 Å². The minimum atomic E-state index is -0.297. The molecule has 0 aliphatic carbocycles. The van der Waals surface area contributed by atoms with E-state index in [0.717, 1.165) is 5.56 Å². The average Bonchev–Trinajstić information content (AvgIpc) is 2.39. The van der Waals surface area contributed by atoms with Crippen molar-refractivity contribution in [1.82, 2.24) is 4.98 Å². The fraction of sp³-hybridized carbons (Fsp3) is 0.0667. The molecule has 0 unspecified atom stereocenters. The molecule has 0 bridgehead atoms. The summed E-state index contributed by atoms with van der Waals surface area (Å²) in [5, 5.41) is 10.3. The van der Waals surface area contributed by atoms with Crippen molar-refractivity contribution in [2.45, 2.75) is 6.92 Å². The van der Waals surface area contributed by atoms with E-state index in [1.165, 1.54) is 0 Å². The van der Waals surface area contributed by atoms with Crippen LogP contribution in [0.3, 0.4) is 0 Å². The van der Waals surface area contributed by atoms with Gasteiger partial charge in [-0.2, -0.15) is 4.40 Å². The Bertz CT molecular complexity index is 807. The largest absolute Gasteiger partial charge is 0.477 e. The van der Waals surface area contributed by atoms with Gasteiger partial charge in [-0.1, -0.05) is 30.3 Å². The average molecular weight is 253 g/mol. The van der Waals surface area contributed by atoms with E-state index in [1.807, 2.05) is 37.3 Å². The fourth-order valence-electron chi connectivity index (χ4n) is 2.15. The molecule has 0 aliphatic heterocycles. The van der Waals surface area contributed by atoms with Crippen LogP contribution in [0.15, 0.2) is 53.5 Å². The highest BCUT2D eigenvalue weighted by Crippen LogP contribution is 2.21. The molecule has 0 saturated heterocycles. The normalized spacial score (nSPS) is 10.8. The number of aromatic hydroxyl groups is 1. The summed E-state index contributed by atoms with van der Waals surface area (Å²) in [5.41, 5.74) is 2.26. The predicted molar refractivity (Wildman–Crippen MR) is 72.1 cm³/mol. The number of fused-ring (bicyclic) bond motifs is 1. The Balaban J connectivity index is 2.39. The number of hydrogen-bond donors (Lipinski definition) is 2. The van der Waals surface area contributed by atoms with Gasteiger partial charge >= 0.3 is 11.4 Å². The van der Waals surface area contributed by atoms with Crippen molar-refractivity contribution < 1.29 is 9.51 Å². The van der Waals surface area contributed by atoms with Crippen molar-refractivity contribution in [2.75, 3.05) is 0 Å². The predicted octanol–water partition coefficient (Wildman–Crippen LogP) is 1.79. The quantitative estimate of drug-likeness (QED) is 0.650. The van der Waals surface area contributed by atoms with E-state index in [9.17, 15) is 9.90 Å². The number of nitrogens with zero attached hydrogens (tertiary/aromatic N) is 1. The molecule has 2 aromatic heterocycles. The van der Waals surface area contributed by atoms with Gasteiger partial charge in [-0.05, 0) is 24.1 Å². The van der Waals surface area contributed by atoms with Crippen LogP contribution in [-0.4, -0.2) is 10.1 Å². The molecular formula is C15H13N2O2+. The zero-order chi connectivity index (χ0) is 13.4. The highest BCUT2D eigenvalue weighted by Gasteiger charge is 2.19. The first-order valence-electron chi connectivity index (χ1n) is 5.99. The maximum absolute atomic E-state index is 12.1. The third-order valence-electron chi connectivity index (χ3n) is 3.09. The molecule has 2 N–H and O–H groups in total. The molecule has 0 fully saturated rings. The summed E-state index contributed by atoms with van der Waals surface area (Å²) < 4.78 is 1.57. The molecule has 3 rings (SSSR count). The number of aromatic nitrogens is 2. The van der Waals surface area contributed by atoms with E-state index in [-0.39, 0.29) is 17.0 Å². The lowest BCUT2D eigenvalue weighted by Crippen LogP contribution is -2.29. The number of rotatable bonds is 1. The van der Waals surface area contributed by atoms with E-state index in [4.69, 9.17) is 0 Å². The van der Waals surface area contributed by atoms with E-state index < -0.39 is 0 Å². The molecule has 0 amide bonds. The summed E-state index contributed by atoms with van der Waals surface area (Å²) in [6.07, 6.45) is 1.74. The van der Waals surface area contributed by atoms with Crippen molar-refractivity contribution in [3.05, 3.63) is 64.6 Å². The highest BCUT2D eigenvalue weighted by molar-refractivity contribution is 5.66. The summed E-state index contributed by atoms with van der Waals surface area (Å²) in [6, 6.07) is 12.8. The van der Waals surface area contributed by atoms with Crippen molar-refractivity contribution in [1.29, 1.82) is 0 Å². The minimum absolute atomic E-state index is 0.0510. The molecule has 0 aliphatic rings. The van der Waals surface area contributed by atoms with Crippen molar-refractivity contribution in [2.24, 2.45) is 0 Å². The number of H-pyrrole nitrogens is 1. The van der Waals surface area contributed by atoms with E-state index >= 15 is 0 Å². The SMILES string of the molecule is Cc1cc[n+]2c(O)c(-c3ccccc3)c(=O)[nH]c2c1. The second-order valence-electron chi connectivity index (χ2n) is 4.48. The number of benzene rings is 1. The molecule has 0 saturated carbocycles. The number of hydrogen-bond acceptors (Lipinski definition) is 2. The van der Waals surface area contributed by atoms with Crippen LogP contribution in [0.1, 0.15) is 5.56 Å². The number of pyridine rings is 1. The van der Waals surface area contributed by atoms with Gasteiger partial charge in [0.15, 0.2) is 5.56 Å². The maximum atomic E-state index is 12.1. The minimum Gasteiger partial charge on any atom is -0.477 e. The summed E-state index contributed by atoms with van der Waals surface area (Å²) in [7, 11) is 0. The molecule has 2 heterocycles. The molecule has 3 aromatic rings. The van der Waals surface area contributed by atoms with Gasteiger partial charge in [-0.25, -0.2) is 9.78 Å². The second kappa shape index (κ2) is 4.24. The standard InChI is InChI=1S/C15H12N2O2/c1-10-7-8-17-12(9-10)16-14(18)13(15(17)19)11-5-3-2-4-6-11/h2-9H,1H3,(H,18,19)/p+1. The lowest BCUT2D eigenvalue weighted by molar-refractivity contribution is -0.524. The summed E-state index contributed by atoms with van der Waals surface area (Å²) in [6.45, 7) is 1.93. The summed E-state index contributed by atoms with van der Waals surface area (Å²) >= 11 is 0. The van der Waals surface area contributed by atoms with Crippen LogP contribution in [0.4, 0.5) is 0 Å². The first-order chi connectivity index (χ1) is 9.16. The topological polar surface area (TPSA) is 57.2 Å². The molecular weight excluding hydrogens is 240 g/mol. The molecule has 4 nitrogen and oxygen atoms in total. The van der Waals surface area contributed by atoms with Gasteiger partial charge in [-0.15, -0.1) is 0 Å². The van der Waals surface area contributed by atoms with Gasteiger partial charge in [0.05, 0.1) is 6.20 Å². The van der Waals surface area contributed by atoms with Crippen LogP contribution in [-0.2, 0) is 0 Å². The monoisotopic (exact) mass is 253 g/mol. The smallest absolute Gasteiger partial charge is 0.347 e. The van der Waals surface area contributed by atoms with Crippen LogP contribution in [0.25, 0.3) is 16.8 Å². The van der Waals surface area contributed by atoms with Crippen molar-refractivity contribution in [3.8, 4) is 17.0 Å². The van der Waals surface area contributed by atoms with Gasteiger partial charge in [0.2, 0.25) is 0 Å². The summed E-state index contributed by atoms with van der Waals surface area (Å²) in [5.74, 6) is -0.0510. The van der Waals surface area contributed by atoms with Crippen LogP contribution in [0, 0.1) is 6.92 Å². The van der Waals surface area contributed by atoms with Gasteiger partial charge in [0.25, 0.3) is 5.65 Å². The van der Waals surface area contributed by atoms with Crippen LogP contribution in [0.5, 0.6) is 5.88 Å². The maximum Gasteiger partial charge on any atom is 0.347 e. The van der Waals surface area contributed by atoms with Crippen molar-refractivity contribution >= 4 is 5.65 Å². The Morgan fingerprint density at radius 2 is 1.89 bits per heavy atom. The van der Waals surface area contributed by atoms with Gasteiger partial charge in [0.1, 0.15) is 0 Å². The number of aryl methyl sites for hydroxylation is 1. The third-order valence-corrected chi connectivity index (χ3v) is 3.09. The first-order valence-corrected chi connectivity index (χ1v) is 5.99. The van der Waals surface area contributed by atoms with Gasteiger partial charge in [0, 0.05) is 6.07 Å². The first kappa shape index (κ1) is 11.5. The lowest BCUT2D eigenvalue weighted by Gasteiger charge is -2.03. The molecule has 94 valence electrons. The number of nitrogens with one attached hydrogen (secondary N) is 1. The van der Waals surface area contributed by atoms with Crippen molar-refractivity contribution in [3.63, 3.8) is 0 Å². The van der Waals surface area contributed by atoms with E-state index in [2.05, 4.69) is 4.98 Å². The van der Waals surface area contributed by atoms with Crippen LogP contribution in [0.2, 0.25) is 0 Å². The fourth-order valence-corrected chi connectivity index (χ4v) is 2.15. The molecule has 19 heavy (non-hydrogen) atoms. The Morgan fingerprint density at radius 3 is 2.63 bits per heavy atom. The zero-order valence-electron chi connectivity index (χ0n) is 10.4. The molecule has 0 atom stereocenters. The summed E-state index contributed by atoms with van der Waals surface area (Å²) in [4.78, 5) is 14.9. The van der Waals surface area contributed by atoms with E-state index in [0.29, 0.717) is 11.2 Å². The second-order valence-corrected chi connectivity index (χ2v) is 4.48. The number of aromatic amines is 1. The lowest BCUT2D eigenvalue weighted by atomic mass is 10.1. The van der Waals surface area contributed by atoms with Crippen LogP contribution >= 0.6 is 0 Å². The molecule has 0 radical (unpaired) electrons. The third kappa shape index (κ3) is 1.87. The van der Waals surface area contributed by atoms with E-state index in [1.54, 1.807) is 22.7 Å². The van der Waals surface area contributed by atoms with Crippen LogP contribution < -0.4 is 9.96 Å². The molecule has 4 heteroatoms. The Labute approximate surface area is 109 Å². The Hall–Kier alpha value is -2.62. The highest BCUT2D eigenvalue weighted by atomic mass is 16.3. The molecule has 0 spiro atoms.